The van der Waals surface area contributed by atoms with Crippen LogP contribution in [0.4, 0.5) is 13.2 Å². The zero-order valence-corrected chi connectivity index (χ0v) is 13.6. The number of hydrogen-bond acceptors (Lipinski definition) is 4. The van der Waals surface area contributed by atoms with Crippen molar-refractivity contribution >= 4 is 20.9 Å². The lowest BCUT2D eigenvalue weighted by atomic mass is 10.2. The van der Waals surface area contributed by atoms with Crippen LogP contribution in [-0.2, 0) is 16.2 Å². The van der Waals surface area contributed by atoms with Gasteiger partial charge in [-0.2, -0.15) is 13.2 Å². The van der Waals surface area contributed by atoms with Gasteiger partial charge in [-0.25, -0.2) is 17.8 Å². The van der Waals surface area contributed by atoms with E-state index >= 15 is 0 Å². The smallest absolute Gasteiger partial charge is 0.416 e. The topological polar surface area (TPSA) is 84.2 Å². The van der Waals surface area contributed by atoms with E-state index in [0.29, 0.717) is 11.2 Å². The molecule has 3 rings (SSSR count). The van der Waals surface area contributed by atoms with Gasteiger partial charge in [0.05, 0.1) is 27.0 Å². The molecule has 0 fully saturated rings. The predicted octanol–water partition coefficient (Wildman–Crippen LogP) is 2.66. The Hall–Kier alpha value is -2.59. The Kier molecular flexibility index (Phi) is 3.96. The van der Waals surface area contributed by atoms with Gasteiger partial charge in [-0.1, -0.05) is 0 Å². The van der Waals surface area contributed by atoms with Crippen LogP contribution in [0.3, 0.4) is 0 Å². The van der Waals surface area contributed by atoms with Crippen molar-refractivity contribution in [3.8, 4) is 11.6 Å². The van der Waals surface area contributed by atoms with Gasteiger partial charge in [0.15, 0.2) is 0 Å². The summed E-state index contributed by atoms with van der Waals surface area (Å²) in [5.74, 6) is -0.428. The van der Waals surface area contributed by atoms with Crippen LogP contribution in [0, 0.1) is 0 Å². The number of aromatic hydroxyl groups is 1. The molecule has 0 unspecified atom stereocenters. The van der Waals surface area contributed by atoms with Gasteiger partial charge in [0, 0.05) is 0 Å². The Morgan fingerprint density at radius 1 is 1.12 bits per heavy atom. The molecule has 2 N–H and O–H groups in total. The summed E-state index contributed by atoms with van der Waals surface area (Å²) in [4.78, 5) is -0.0650. The van der Waals surface area contributed by atoms with E-state index in [-0.39, 0.29) is 10.3 Å². The highest BCUT2D eigenvalue weighted by Gasteiger charge is 2.30. The van der Waals surface area contributed by atoms with Gasteiger partial charge in [-0.05, 0) is 49.5 Å². The third kappa shape index (κ3) is 3.05. The maximum atomic E-state index is 12.6. The zero-order chi connectivity index (χ0) is 18.4. The number of nitrogens with one attached hydrogen (secondary N) is 1. The second kappa shape index (κ2) is 5.74. The van der Waals surface area contributed by atoms with Gasteiger partial charge in [-0.15, -0.1) is 5.10 Å². The molecule has 0 aliphatic carbocycles. The monoisotopic (exact) mass is 371 g/mol. The van der Waals surface area contributed by atoms with Crippen LogP contribution in [-0.4, -0.2) is 30.4 Å². The Morgan fingerprint density at radius 3 is 2.32 bits per heavy atom. The molecular formula is C15H12F3N3O3S. The first-order valence-electron chi connectivity index (χ1n) is 6.96. The van der Waals surface area contributed by atoms with Crippen LogP contribution in [0.25, 0.3) is 16.6 Å². The second-order valence-electron chi connectivity index (χ2n) is 5.17. The molecule has 0 saturated carbocycles. The van der Waals surface area contributed by atoms with E-state index in [1.54, 1.807) is 0 Å². The quantitative estimate of drug-likeness (QED) is 0.741. The molecule has 6 nitrogen and oxygen atoms in total. The van der Waals surface area contributed by atoms with Crippen molar-refractivity contribution in [2.24, 2.45) is 0 Å². The lowest BCUT2D eigenvalue weighted by molar-refractivity contribution is -0.137. The summed E-state index contributed by atoms with van der Waals surface area (Å²) in [5.41, 5.74) is -0.158. The fourth-order valence-corrected chi connectivity index (χ4v) is 3.11. The maximum Gasteiger partial charge on any atom is 0.416 e. The number of rotatable bonds is 3. The molecule has 0 amide bonds. The van der Waals surface area contributed by atoms with Crippen molar-refractivity contribution in [2.75, 3.05) is 7.05 Å². The lowest BCUT2D eigenvalue weighted by Crippen LogP contribution is -2.18. The molecule has 2 aromatic carbocycles. The minimum Gasteiger partial charge on any atom is -0.492 e. The summed E-state index contributed by atoms with van der Waals surface area (Å²) in [5, 5.41) is 14.0. The summed E-state index contributed by atoms with van der Waals surface area (Å²) in [6.07, 6.45) is -4.46. The third-order valence-corrected chi connectivity index (χ3v) is 5.06. The number of halogens is 3. The molecule has 0 spiro atoms. The van der Waals surface area contributed by atoms with Crippen molar-refractivity contribution in [3.63, 3.8) is 0 Å². The van der Waals surface area contributed by atoms with Gasteiger partial charge in [0.1, 0.15) is 0 Å². The van der Waals surface area contributed by atoms with Crippen molar-refractivity contribution in [2.45, 2.75) is 11.1 Å². The predicted molar refractivity (Wildman–Crippen MR) is 84.0 cm³/mol. The Bertz CT molecular complexity index is 1040. The highest BCUT2D eigenvalue weighted by molar-refractivity contribution is 7.89. The molecule has 0 radical (unpaired) electrons. The summed E-state index contributed by atoms with van der Waals surface area (Å²) >= 11 is 0. The van der Waals surface area contributed by atoms with Crippen LogP contribution in [0.2, 0.25) is 0 Å². The fraction of sp³-hybridized carbons (Fsp3) is 0.133. The van der Waals surface area contributed by atoms with Crippen LogP contribution in [0.15, 0.2) is 47.4 Å². The zero-order valence-electron chi connectivity index (χ0n) is 12.7. The molecular weight excluding hydrogens is 359 g/mol. The molecule has 0 aliphatic heterocycles. The Labute approximate surface area is 140 Å². The summed E-state index contributed by atoms with van der Waals surface area (Å²) in [6.45, 7) is 0. The van der Waals surface area contributed by atoms with Gasteiger partial charge < -0.3 is 5.11 Å². The Balaban J connectivity index is 2.12. The van der Waals surface area contributed by atoms with Crippen molar-refractivity contribution in [1.82, 2.24) is 14.5 Å². The summed E-state index contributed by atoms with van der Waals surface area (Å²) in [7, 11) is -2.45. The van der Waals surface area contributed by atoms with E-state index in [9.17, 15) is 26.7 Å². The lowest BCUT2D eigenvalue weighted by Gasteiger charge is -2.08. The fourth-order valence-electron chi connectivity index (χ4n) is 2.35. The van der Waals surface area contributed by atoms with Crippen LogP contribution in [0.1, 0.15) is 5.56 Å². The van der Waals surface area contributed by atoms with Crippen molar-refractivity contribution in [3.05, 3.63) is 48.0 Å². The van der Waals surface area contributed by atoms with Crippen molar-refractivity contribution in [1.29, 1.82) is 0 Å². The van der Waals surface area contributed by atoms with E-state index in [1.165, 1.54) is 42.1 Å². The number of alkyl halides is 3. The Morgan fingerprint density at radius 2 is 1.76 bits per heavy atom. The molecule has 10 heteroatoms. The first kappa shape index (κ1) is 17.2. The van der Waals surface area contributed by atoms with E-state index in [1.807, 2.05) is 0 Å². The number of fused-ring (bicyclic) bond motifs is 1. The molecule has 0 aliphatic rings. The van der Waals surface area contributed by atoms with Gasteiger partial charge in [0.2, 0.25) is 15.9 Å². The van der Waals surface area contributed by atoms with E-state index in [0.717, 1.165) is 12.1 Å². The average molecular weight is 371 g/mol. The number of sulfonamides is 1. The van der Waals surface area contributed by atoms with Gasteiger partial charge in [-0.3, -0.25) is 0 Å². The number of aromatic nitrogens is 2. The molecule has 25 heavy (non-hydrogen) atoms. The van der Waals surface area contributed by atoms with E-state index in [4.69, 9.17) is 0 Å². The second-order valence-corrected chi connectivity index (χ2v) is 7.05. The number of nitrogens with zero attached hydrogens (tertiary/aromatic N) is 2. The molecule has 3 aromatic rings. The van der Waals surface area contributed by atoms with Crippen LogP contribution < -0.4 is 4.72 Å². The molecule has 0 saturated heterocycles. The SMILES string of the molecule is CNS(=O)(=O)c1ccc2c(c1)c(O)nn2-c1ccc(C(F)(F)F)cc1. The summed E-state index contributed by atoms with van der Waals surface area (Å²) in [6, 6.07) is 8.21. The first-order chi connectivity index (χ1) is 11.6. The molecule has 1 aromatic heterocycles. The minimum atomic E-state index is -4.46. The highest BCUT2D eigenvalue weighted by Crippen LogP contribution is 2.32. The molecule has 1 heterocycles. The number of benzene rings is 2. The first-order valence-corrected chi connectivity index (χ1v) is 8.45. The van der Waals surface area contributed by atoms with Crippen molar-refractivity contribution < 1.29 is 26.7 Å². The maximum absolute atomic E-state index is 12.6. The van der Waals surface area contributed by atoms with Crippen LogP contribution >= 0.6 is 0 Å². The minimum absolute atomic E-state index is 0.0650. The number of hydrogen-bond donors (Lipinski definition) is 2. The van der Waals surface area contributed by atoms with Crippen LogP contribution in [0.5, 0.6) is 5.88 Å². The van der Waals surface area contributed by atoms with Gasteiger partial charge in [0.25, 0.3) is 0 Å². The average Bonchev–Trinajstić information content (AvgIpc) is 2.91. The van der Waals surface area contributed by atoms with Gasteiger partial charge >= 0.3 is 6.18 Å². The standard InChI is InChI=1S/C15H12F3N3O3S/c1-19-25(23,24)11-6-7-13-12(8-11)14(22)20-21(13)10-4-2-9(3-5-10)15(16,17)18/h2-8,19H,1H3,(H,20,22). The summed E-state index contributed by atoms with van der Waals surface area (Å²) < 4.78 is 65.0. The third-order valence-electron chi connectivity index (χ3n) is 3.65. The largest absolute Gasteiger partial charge is 0.492 e. The highest BCUT2D eigenvalue weighted by atomic mass is 32.2. The van der Waals surface area contributed by atoms with E-state index < -0.39 is 27.6 Å². The molecule has 132 valence electrons. The molecule has 0 atom stereocenters. The van der Waals surface area contributed by atoms with E-state index in [2.05, 4.69) is 9.82 Å². The normalized spacial score (nSPS) is 12.6. The molecule has 0 bridgehead atoms.